The maximum atomic E-state index is 4.35. The molecule has 0 unspecified atom stereocenters. The number of hydrogen-bond donors (Lipinski definition) is 1. The summed E-state index contributed by atoms with van der Waals surface area (Å²) in [4.78, 5) is 4.35. The molecule has 0 amide bonds. The molecule has 0 bridgehead atoms. The predicted octanol–water partition coefficient (Wildman–Crippen LogP) is 3.10. The number of anilines is 1. The van der Waals surface area contributed by atoms with Crippen molar-refractivity contribution in [3.63, 3.8) is 0 Å². The first kappa shape index (κ1) is 13.5. The van der Waals surface area contributed by atoms with Gasteiger partial charge in [-0.05, 0) is 12.8 Å². The lowest BCUT2D eigenvalue weighted by Crippen LogP contribution is -2.07. The minimum atomic E-state index is 0.707. The standard InChI is InChI=1S/C14H21N5S/c1-2-19-8-7-15-12(19)10-16-14-18-17-13(20-14)9-11-5-3-4-6-11/h7-8,11H,2-6,9-10H2,1H3,(H,16,18). The molecule has 1 saturated carbocycles. The van der Waals surface area contributed by atoms with E-state index in [1.54, 1.807) is 11.3 Å². The van der Waals surface area contributed by atoms with E-state index in [4.69, 9.17) is 0 Å². The third-order valence-electron chi connectivity index (χ3n) is 3.95. The zero-order valence-corrected chi connectivity index (χ0v) is 12.7. The molecule has 2 aromatic heterocycles. The van der Waals surface area contributed by atoms with E-state index in [1.165, 1.54) is 30.7 Å². The Hall–Kier alpha value is -1.43. The fourth-order valence-corrected chi connectivity index (χ4v) is 3.67. The van der Waals surface area contributed by atoms with Crippen molar-refractivity contribution >= 4 is 16.5 Å². The maximum Gasteiger partial charge on any atom is 0.206 e. The average molecular weight is 291 g/mol. The van der Waals surface area contributed by atoms with Crippen LogP contribution in [0.1, 0.15) is 43.4 Å². The lowest BCUT2D eigenvalue weighted by molar-refractivity contribution is 0.542. The summed E-state index contributed by atoms with van der Waals surface area (Å²) in [5, 5.41) is 13.9. The zero-order chi connectivity index (χ0) is 13.8. The minimum Gasteiger partial charge on any atom is -0.353 e. The molecule has 0 aromatic carbocycles. The van der Waals surface area contributed by atoms with E-state index >= 15 is 0 Å². The second-order valence-electron chi connectivity index (χ2n) is 5.34. The van der Waals surface area contributed by atoms with Gasteiger partial charge in [0.25, 0.3) is 0 Å². The molecule has 0 spiro atoms. The molecule has 2 heterocycles. The number of nitrogens with one attached hydrogen (secondary N) is 1. The van der Waals surface area contributed by atoms with Crippen molar-refractivity contribution < 1.29 is 0 Å². The van der Waals surface area contributed by atoms with E-state index in [0.29, 0.717) is 6.54 Å². The first-order valence-electron chi connectivity index (χ1n) is 7.41. The third-order valence-corrected chi connectivity index (χ3v) is 4.85. The number of aromatic nitrogens is 4. The van der Waals surface area contributed by atoms with Gasteiger partial charge in [-0.15, -0.1) is 10.2 Å². The first-order chi connectivity index (χ1) is 9.85. The number of imidazole rings is 1. The van der Waals surface area contributed by atoms with Gasteiger partial charge >= 0.3 is 0 Å². The summed E-state index contributed by atoms with van der Waals surface area (Å²) < 4.78 is 2.13. The summed E-state index contributed by atoms with van der Waals surface area (Å²) in [6, 6.07) is 0. The van der Waals surface area contributed by atoms with Crippen LogP contribution in [0, 0.1) is 5.92 Å². The second kappa shape index (κ2) is 6.35. The molecule has 0 radical (unpaired) electrons. The van der Waals surface area contributed by atoms with E-state index in [0.717, 1.165) is 29.8 Å². The molecular formula is C14H21N5S. The van der Waals surface area contributed by atoms with Crippen LogP contribution < -0.4 is 5.32 Å². The Labute approximate surface area is 123 Å². The highest BCUT2D eigenvalue weighted by Crippen LogP contribution is 2.29. The summed E-state index contributed by atoms with van der Waals surface area (Å²) in [6.45, 7) is 3.77. The van der Waals surface area contributed by atoms with Crippen LogP contribution in [0.4, 0.5) is 5.13 Å². The monoisotopic (exact) mass is 291 g/mol. The van der Waals surface area contributed by atoms with E-state index < -0.39 is 0 Å². The number of nitrogens with zero attached hydrogens (tertiary/aromatic N) is 4. The predicted molar refractivity (Wildman–Crippen MR) is 80.8 cm³/mol. The molecule has 108 valence electrons. The Balaban J connectivity index is 1.54. The lowest BCUT2D eigenvalue weighted by atomic mass is 10.1. The van der Waals surface area contributed by atoms with Crippen molar-refractivity contribution in [1.82, 2.24) is 19.7 Å². The van der Waals surface area contributed by atoms with Gasteiger partial charge in [-0.1, -0.05) is 37.0 Å². The summed E-state index contributed by atoms with van der Waals surface area (Å²) >= 11 is 1.68. The molecule has 0 aliphatic heterocycles. The van der Waals surface area contributed by atoms with Crippen LogP contribution in [0.15, 0.2) is 12.4 Å². The van der Waals surface area contributed by atoms with Gasteiger partial charge in [0.2, 0.25) is 5.13 Å². The van der Waals surface area contributed by atoms with Crippen molar-refractivity contribution in [3.8, 4) is 0 Å². The third kappa shape index (κ3) is 3.17. The smallest absolute Gasteiger partial charge is 0.206 e. The maximum absolute atomic E-state index is 4.35. The topological polar surface area (TPSA) is 55.6 Å². The van der Waals surface area contributed by atoms with Gasteiger partial charge in [-0.3, -0.25) is 0 Å². The Morgan fingerprint density at radius 3 is 3.00 bits per heavy atom. The molecule has 1 aliphatic carbocycles. The van der Waals surface area contributed by atoms with Gasteiger partial charge in [-0.2, -0.15) is 0 Å². The van der Waals surface area contributed by atoms with Crippen molar-refractivity contribution in [3.05, 3.63) is 23.2 Å². The Morgan fingerprint density at radius 2 is 2.20 bits per heavy atom. The molecule has 20 heavy (non-hydrogen) atoms. The molecule has 1 aliphatic rings. The molecular weight excluding hydrogens is 270 g/mol. The van der Waals surface area contributed by atoms with E-state index in [2.05, 4.69) is 32.0 Å². The molecule has 1 fully saturated rings. The second-order valence-corrected chi connectivity index (χ2v) is 6.40. The summed E-state index contributed by atoms with van der Waals surface area (Å²) in [7, 11) is 0. The van der Waals surface area contributed by atoms with Gasteiger partial charge in [0, 0.05) is 25.4 Å². The summed E-state index contributed by atoms with van der Waals surface area (Å²) in [5.74, 6) is 1.87. The van der Waals surface area contributed by atoms with Gasteiger partial charge in [0.05, 0.1) is 6.54 Å². The first-order valence-corrected chi connectivity index (χ1v) is 8.23. The molecule has 5 nitrogen and oxygen atoms in total. The minimum absolute atomic E-state index is 0.707. The molecule has 6 heteroatoms. The van der Waals surface area contributed by atoms with E-state index in [-0.39, 0.29) is 0 Å². The van der Waals surface area contributed by atoms with Crippen LogP contribution in [0.2, 0.25) is 0 Å². The quantitative estimate of drug-likeness (QED) is 0.888. The SMILES string of the molecule is CCn1ccnc1CNc1nnc(CC2CCCC2)s1. The molecule has 0 saturated heterocycles. The number of hydrogen-bond acceptors (Lipinski definition) is 5. The van der Waals surface area contributed by atoms with Crippen LogP contribution >= 0.6 is 11.3 Å². The van der Waals surface area contributed by atoms with Crippen LogP contribution in [-0.2, 0) is 19.5 Å². The van der Waals surface area contributed by atoms with E-state index in [9.17, 15) is 0 Å². The fraction of sp³-hybridized carbons (Fsp3) is 0.643. The van der Waals surface area contributed by atoms with Gasteiger partial charge < -0.3 is 9.88 Å². The lowest BCUT2D eigenvalue weighted by Gasteiger charge is -2.05. The fourth-order valence-electron chi connectivity index (χ4n) is 2.82. The Kier molecular flexibility index (Phi) is 4.30. The number of rotatable bonds is 6. The molecule has 0 atom stereocenters. The van der Waals surface area contributed by atoms with E-state index in [1.807, 2.05) is 12.4 Å². The molecule has 3 rings (SSSR count). The Morgan fingerprint density at radius 1 is 1.35 bits per heavy atom. The van der Waals surface area contributed by atoms with Crippen LogP contribution in [0.3, 0.4) is 0 Å². The highest BCUT2D eigenvalue weighted by molar-refractivity contribution is 7.15. The Bertz CT molecular complexity index is 541. The van der Waals surface area contributed by atoms with Crippen LogP contribution in [-0.4, -0.2) is 19.7 Å². The van der Waals surface area contributed by atoms with Crippen LogP contribution in [0.25, 0.3) is 0 Å². The molecule has 2 aromatic rings. The molecule has 1 N–H and O–H groups in total. The van der Waals surface area contributed by atoms with Crippen LogP contribution in [0.5, 0.6) is 0 Å². The van der Waals surface area contributed by atoms with Crippen molar-refractivity contribution in [2.24, 2.45) is 5.92 Å². The highest BCUT2D eigenvalue weighted by Gasteiger charge is 2.17. The van der Waals surface area contributed by atoms with Gasteiger partial charge in [0.1, 0.15) is 10.8 Å². The van der Waals surface area contributed by atoms with Gasteiger partial charge in [-0.25, -0.2) is 4.98 Å². The van der Waals surface area contributed by atoms with Crippen molar-refractivity contribution in [2.75, 3.05) is 5.32 Å². The van der Waals surface area contributed by atoms with Gasteiger partial charge in [0.15, 0.2) is 0 Å². The number of aryl methyl sites for hydroxylation is 1. The summed E-state index contributed by atoms with van der Waals surface area (Å²) in [5.41, 5.74) is 0. The van der Waals surface area contributed by atoms with Crippen molar-refractivity contribution in [1.29, 1.82) is 0 Å². The normalized spacial score (nSPS) is 15.8. The average Bonchev–Trinajstić information content (AvgIpc) is 3.18. The highest BCUT2D eigenvalue weighted by atomic mass is 32.1. The zero-order valence-electron chi connectivity index (χ0n) is 11.9. The van der Waals surface area contributed by atoms with Crippen molar-refractivity contribution in [2.45, 2.75) is 52.1 Å². The largest absolute Gasteiger partial charge is 0.353 e. The summed E-state index contributed by atoms with van der Waals surface area (Å²) in [6.07, 6.45) is 10.4.